The van der Waals surface area contributed by atoms with E-state index in [0.717, 1.165) is 41.7 Å². The second-order valence-corrected chi connectivity index (χ2v) is 21.5. The molecule has 4 saturated heterocycles. The molecule has 2 N–H and O–H groups in total. The van der Waals surface area contributed by atoms with Gasteiger partial charge in [0.2, 0.25) is 24.2 Å². The Morgan fingerprint density at radius 1 is 1.06 bits per heavy atom. The molecule has 3 aromatic rings. The van der Waals surface area contributed by atoms with Crippen LogP contribution in [0.5, 0.6) is 0 Å². The molecule has 0 aliphatic carbocycles. The molecule has 0 radical (unpaired) electrons. The van der Waals surface area contributed by atoms with E-state index in [9.17, 15) is 38.6 Å². The molecule has 4 fully saturated rings. The van der Waals surface area contributed by atoms with Gasteiger partial charge in [-0.3, -0.25) is 33.1 Å². The monoisotopic (exact) mass is 975 g/mol. The van der Waals surface area contributed by atoms with Gasteiger partial charge in [-0.15, -0.1) is 11.3 Å². The van der Waals surface area contributed by atoms with Crippen LogP contribution in [0.3, 0.4) is 0 Å². The molecule has 0 bridgehead atoms. The zero-order valence-electron chi connectivity index (χ0n) is 36.4. The van der Waals surface area contributed by atoms with Gasteiger partial charge in [0.25, 0.3) is 5.91 Å². The number of aromatic nitrogens is 1. The summed E-state index contributed by atoms with van der Waals surface area (Å²) in [6.07, 6.45) is 3.69. The van der Waals surface area contributed by atoms with Gasteiger partial charge in [-0.2, -0.15) is 14.0 Å². The highest BCUT2D eigenvalue weighted by Gasteiger charge is 2.56. The zero-order valence-corrected chi connectivity index (χ0v) is 39.0. The van der Waals surface area contributed by atoms with Crippen molar-refractivity contribution < 1.29 is 60.6 Å². The predicted molar refractivity (Wildman–Crippen MR) is 238 cm³/mol. The highest BCUT2D eigenvalue weighted by Crippen LogP contribution is 2.67. The summed E-state index contributed by atoms with van der Waals surface area (Å²) >= 11 is 1.82. The van der Waals surface area contributed by atoms with E-state index in [1.807, 2.05) is 13.8 Å². The Balaban J connectivity index is 1.04. The normalized spacial score (nSPS) is 24.3. The maximum absolute atomic E-state index is 16.4. The number of benzene rings is 1. The van der Waals surface area contributed by atoms with Crippen LogP contribution in [-0.4, -0.2) is 113 Å². The van der Waals surface area contributed by atoms with Crippen LogP contribution in [0.2, 0.25) is 0 Å². The van der Waals surface area contributed by atoms with Crippen molar-refractivity contribution in [3.8, 4) is 6.07 Å². The largest absolute Gasteiger partial charge is 0.510 e. The van der Waals surface area contributed by atoms with Gasteiger partial charge in [0.05, 0.1) is 36.7 Å². The second kappa shape index (κ2) is 21.5. The van der Waals surface area contributed by atoms with Crippen molar-refractivity contribution in [2.75, 3.05) is 45.5 Å². The highest BCUT2D eigenvalue weighted by molar-refractivity contribution is 8.13. The first kappa shape index (κ1) is 49.2. The average molecular weight is 976 g/mol. The van der Waals surface area contributed by atoms with Crippen molar-refractivity contribution in [1.29, 1.82) is 5.26 Å². The van der Waals surface area contributed by atoms with E-state index < -0.39 is 74.3 Å². The molecule has 7 atom stereocenters. The van der Waals surface area contributed by atoms with E-state index >= 15 is 8.78 Å². The van der Waals surface area contributed by atoms with Crippen molar-refractivity contribution in [2.24, 2.45) is 11.8 Å². The molecule has 22 heteroatoms. The Morgan fingerprint density at radius 3 is 2.61 bits per heavy atom. The lowest BCUT2D eigenvalue weighted by atomic mass is 9.91. The molecule has 4 aliphatic heterocycles. The third-order valence-electron chi connectivity index (χ3n) is 12.1. The van der Waals surface area contributed by atoms with E-state index in [0.29, 0.717) is 55.4 Å². The number of rotatable bonds is 16. The smallest absolute Gasteiger partial charge is 0.428 e. The molecule has 3 amide bonds. The number of nitrogens with one attached hydrogen (secondary N) is 2. The lowest BCUT2D eigenvalue weighted by Crippen LogP contribution is -2.56. The number of pyridine rings is 1. The Kier molecular flexibility index (Phi) is 16.0. The number of ether oxygens (including phenoxy) is 3. The van der Waals surface area contributed by atoms with Crippen LogP contribution in [0.1, 0.15) is 91.9 Å². The lowest BCUT2D eigenvalue weighted by Gasteiger charge is -2.36. The lowest BCUT2D eigenvalue weighted by molar-refractivity contribution is -0.146. The number of nitrogens with zero attached hydrogens (tertiary/aromatic N) is 3. The summed E-state index contributed by atoms with van der Waals surface area (Å²) in [5.74, 6) is -2.29. The molecular formula is C44H52F2N5O12PS2. The number of hydrogen-bond donors (Lipinski definition) is 2. The van der Waals surface area contributed by atoms with Gasteiger partial charge in [-0.25, -0.2) is 4.79 Å². The van der Waals surface area contributed by atoms with Crippen molar-refractivity contribution in [2.45, 2.75) is 101 Å². The molecule has 6 heterocycles. The minimum absolute atomic E-state index is 0.0642. The standard InChI is InChI=1S/C44H52F2N5O12PS2/c1-26(2)17-39(53)65-16-15-61-64(58,62-25-60-43(57)63-32-12-14-59-24-32)44(45,46)30-7-10-36-28(18-30)19-37(66-36)40(54)49-34-6-4-3-5-31-8-9-35(51(31)41(34)55)42(56)50-22-29(21-47)33(23-50)27-11-13-48-38(52)20-27/h7,10-11,13,18-20,26,29,31-35H,3-6,8-9,12,14-17,22-25H2,1-2H3,(H,48,52)(H,49,54)/t29-,31-,32+,33+,34-,35-,64?/m0/s1. The van der Waals surface area contributed by atoms with E-state index in [2.05, 4.69) is 16.4 Å². The molecule has 66 heavy (non-hydrogen) atoms. The molecule has 0 saturated carbocycles. The number of carbonyl (C=O) groups is 5. The Morgan fingerprint density at radius 2 is 1.86 bits per heavy atom. The number of H-pyrrole nitrogens is 1. The molecule has 1 aromatic carbocycles. The molecule has 4 aliphatic rings. The maximum atomic E-state index is 16.4. The molecule has 356 valence electrons. The van der Waals surface area contributed by atoms with Crippen LogP contribution in [0, 0.1) is 23.2 Å². The summed E-state index contributed by atoms with van der Waals surface area (Å²) in [6, 6.07) is 8.15. The van der Waals surface area contributed by atoms with Gasteiger partial charge < -0.3 is 38.8 Å². The van der Waals surface area contributed by atoms with Gasteiger partial charge >= 0.3 is 19.4 Å². The molecule has 2 aromatic heterocycles. The summed E-state index contributed by atoms with van der Waals surface area (Å²) < 4.78 is 72.5. The number of carbonyl (C=O) groups excluding carboxylic acids is 5. The molecule has 0 spiro atoms. The van der Waals surface area contributed by atoms with Gasteiger partial charge in [0.15, 0.2) is 5.12 Å². The third-order valence-corrected chi connectivity index (χ3v) is 16.0. The Bertz CT molecular complexity index is 2440. The predicted octanol–water partition coefficient (Wildman–Crippen LogP) is 6.87. The van der Waals surface area contributed by atoms with Gasteiger partial charge in [0.1, 0.15) is 18.2 Å². The topological polar surface area (TPSA) is 224 Å². The summed E-state index contributed by atoms with van der Waals surface area (Å²) in [5, 5.41) is 12.8. The first-order chi connectivity index (χ1) is 31.6. The van der Waals surface area contributed by atoms with Crippen molar-refractivity contribution >= 4 is 69.8 Å². The summed E-state index contributed by atoms with van der Waals surface area (Å²) in [5.41, 5.74) is -4.77. The third kappa shape index (κ3) is 11.3. The molecule has 17 nitrogen and oxygen atoms in total. The van der Waals surface area contributed by atoms with Gasteiger partial charge in [0, 0.05) is 66.2 Å². The summed E-state index contributed by atoms with van der Waals surface area (Å²) in [4.78, 5) is 84.7. The molecule has 7 rings (SSSR count). The van der Waals surface area contributed by atoms with Crippen LogP contribution < -0.4 is 10.9 Å². The fraction of sp³-hybridized carbons (Fsp3) is 0.568. The number of fused-ring (bicyclic) bond motifs is 2. The van der Waals surface area contributed by atoms with Crippen LogP contribution >= 0.6 is 30.7 Å². The number of halogens is 2. The minimum atomic E-state index is -5.49. The first-order valence-electron chi connectivity index (χ1n) is 21.9. The van der Waals surface area contributed by atoms with E-state index in [4.69, 9.17) is 23.3 Å². The van der Waals surface area contributed by atoms with Crippen LogP contribution in [0.15, 0.2) is 47.4 Å². The van der Waals surface area contributed by atoms with Crippen molar-refractivity contribution in [3.63, 3.8) is 0 Å². The van der Waals surface area contributed by atoms with Gasteiger partial charge in [-0.05, 0) is 66.8 Å². The maximum Gasteiger partial charge on any atom is 0.510 e. The zero-order chi connectivity index (χ0) is 47.2. The number of amides is 3. The summed E-state index contributed by atoms with van der Waals surface area (Å²) in [6.45, 7) is 2.78. The molecular weight excluding hydrogens is 924 g/mol. The first-order valence-corrected chi connectivity index (χ1v) is 25.3. The van der Waals surface area contributed by atoms with Gasteiger partial charge in [-0.1, -0.05) is 44.5 Å². The molecule has 1 unspecified atom stereocenters. The van der Waals surface area contributed by atoms with E-state index in [-0.39, 0.29) is 76.6 Å². The van der Waals surface area contributed by atoms with E-state index in [1.165, 1.54) is 24.4 Å². The number of alkyl halides is 2. The number of thiophene rings is 1. The highest BCUT2D eigenvalue weighted by atomic mass is 32.2. The fourth-order valence-corrected chi connectivity index (χ4v) is 12.1. The number of likely N-dealkylation sites (tertiary alicyclic amines) is 1. The van der Waals surface area contributed by atoms with Crippen molar-refractivity contribution in [1.82, 2.24) is 20.1 Å². The second-order valence-electron chi connectivity index (χ2n) is 17.2. The fourth-order valence-electron chi connectivity index (χ4n) is 8.82. The quantitative estimate of drug-likeness (QED) is 0.0647. The average Bonchev–Trinajstić information content (AvgIpc) is 4.11. The van der Waals surface area contributed by atoms with Crippen LogP contribution in [0.25, 0.3) is 10.1 Å². The Labute approximate surface area is 387 Å². The van der Waals surface area contributed by atoms with E-state index in [1.54, 1.807) is 15.9 Å². The SMILES string of the molecule is CC(C)CC(=O)SCCOP(=O)(OCOC(=O)O[C@@H]1CCOC1)C(F)(F)c1ccc2sc(C(=O)N[C@H]3CCCC[C@H]4CC[C@@H](C(=O)N5C[C@H](c6cc[nH]c(=O)c6)[C@@H](C#N)C5)N4C3=O)cc2c1. The van der Waals surface area contributed by atoms with Crippen LogP contribution in [0.4, 0.5) is 13.6 Å². The number of thioether (sulfide) groups is 1. The van der Waals surface area contributed by atoms with Crippen LogP contribution in [-0.2, 0) is 47.9 Å². The number of hydrogen-bond acceptors (Lipinski definition) is 15. The number of nitriles is 1. The minimum Gasteiger partial charge on any atom is -0.428 e. The Hall–Kier alpha value is -4.71. The summed E-state index contributed by atoms with van der Waals surface area (Å²) in [7, 11) is -5.49. The number of aromatic amines is 1. The van der Waals surface area contributed by atoms with Crippen molar-refractivity contribution in [3.05, 3.63) is 69.0 Å².